The predicted octanol–water partition coefficient (Wildman–Crippen LogP) is 3.59. The molecule has 0 spiro atoms. The minimum Gasteiger partial charge on any atom is -0.388 e. The summed E-state index contributed by atoms with van der Waals surface area (Å²) in [6.07, 6.45) is 4.24. The van der Waals surface area contributed by atoms with E-state index in [0.29, 0.717) is 11.1 Å². The lowest BCUT2D eigenvalue weighted by Crippen LogP contribution is -2.06. The molecule has 1 aromatic heterocycles. The lowest BCUT2D eigenvalue weighted by molar-refractivity contribution is 0.141. The van der Waals surface area contributed by atoms with Crippen molar-refractivity contribution in [2.75, 3.05) is 0 Å². The Morgan fingerprint density at radius 1 is 1.33 bits per heavy atom. The van der Waals surface area contributed by atoms with Gasteiger partial charge < -0.3 is 5.11 Å². The van der Waals surface area contributed by atoms with Gasteiger partial charge in [0.1, 0.15) is 5.15 Å². The molecule has 84 valence electrons. The zero-order valence-electron chi connectivity index (χ0n) is 9.28. The van der Waals surface area contributed by atoms with Crippen molar-refractivity contribution in [3.8, 4) is 0 Å². The number of halogens is 1. The Kier molecular flexibility index (Phi) is 5.06. The van der Waals surface area contributed by atoms with Crippen LogP contribution in [0.15, 0.2) is 18.3 Å². The Morgan fingerprint density at radius 2 is 2.00 bits per heavy atom. The molecule has 0 saturated heterocycles. The minimum atomic E-state index is -0.417. The van der Waals surface area contributed by atoms with E-state index >= 15 is 0 Å². The van der Waals surface area contributed by atoms with Crippen molar-refractivity contribution in [2.24, 2.45) is 5.92 Å². The van der Waals surface area contributed by atoms with E-state index in [1.54, 1.807) is 12.3 Å². The fourth-order valence-electron chi connectivity index (χ4n) is 1.66. The molecular weight excluding hydrogens is 210 g/mol. The Hall–Kier alpha value is -0.600. The second-order valence-electron chi connectivity index (χ2n) is 3.85. The first-order valence-corrected chi connectivity index (χ1v) is 5.84. The summed E-state index contributed by atoms with van der Waals surface area (Å²) >= 11 is 5.68. The van der Waals surface area contributed by atoms with Gasteiger partial charge in [-0.1, -0.05) is 44.4 Å². The van der Waals surface area contributed by atoms with Crippen molar-refractivity contribution in [3.05, 3.63) is 29.0 Å². The van der Waals surface area contributed by atoms with Crippen molar-refractivity contribution in [1.29, 1.82) is 0 Å². The van der Waals surface area contributed by atoms with E-state index in [0.717, 1.165) is 24.8 Å². The van der Waals surface area contributed by atoms with Gasteiger partial charge in [0.05, 0.1) is 6.10 Å². The number of aliphatic hydroxyl groups is 1. The molecular formula is C12H18ClNO. The molecule has 1 heterocycles. The van der Waals surface area contributed by atoms with Crippen molar-refractivity contribution in [2.45, 2.75) is 39.2 Å². The van der Waals surface area contributed by atoms with E-state index in [1.807, 2.05) is 6.07 Å². The molecule has 15 heavy (non-hydrogen) atoms. The largest absolute Gasteiger partial charge is 0.388 e. The maximum Gasteiger partial charge on any atom is 0.129 e. The maximum absolute atomic E-state index is 9.96. The zero-order chi connectivity index (χ0) is 11.3. The van der Waals surface area contributed by atoms with E-state index in [9.17, 15) is 5.11 Å². The zero-order valence-corrected chi connectivity index (χ0v) is 10.0. The molecule has 1 rings (SSSR count). The van der Waals surface area contributed by atoms with Gasteiger partial charge in [-0.15, -0.1) is 0 Å². The van der Waals surface area contributed by atoms with Crippen molar-refractivity contribution in [1.82, 2.24) is 4.98 Å². The van der Waals surface area contributed by atoms with Crippen LogP contribution in [0.3, 0.4) is 0 Å². The molecule has 0 amide bonds. The topological polar surface area (TPSA) is 33.1 Å². The Balaban J connectivity index is 2.60. The summed E-state index contributed by atoms with van der Waals surface area (Å²) in [4.78, 5) is 3.96. The van der Waals surface area contributed by atoms with Gasteiger partial charge in [0.25, 0.3) is 0 Å². The van der Waals surface area contributed by atoms with Gasteiger partial charge in [0.15, 0.2) is 0 Å². The molecule has 1 atom stereocenters. The van der Waals surface area contributed by atoms with Gasteiger partial charge in [-0.2, -0.15) is 0 Å². The fourth-order valence-corrected chi connectivity index (χ4v) is 1.77. The summed E-state index contributed by atoms with van der Waals surface area (Å²) in [5.74, 6) is 0.579. The molecule has 3 heteroatoms. The molecule has 1 aromatic rings. The Labute approximate surface area is 96.3 Å². The lowest BCUT2D eigenvalue weighted by atomic mass is 9.93. The summed E-state index contributed by atoms with van der Waals surface area (Å²) in [5.41, 5.74) is 0.853. The van der Waals surface area contributed by atoms with Crippen LogP contribution in [0.4, 0.5) is 0 Å². The quantitative estimate of drug-likeness (QED) is 0.780. The average Bonchev–Trinajstić information content (AvgIpc) is 2.26. The highest BCUT2D eigenvalue weighted by atomic mass is 35.5. The van der Waals surface area contributed by atoms with E-state index in [4.69, 9.17) is 11.6 Å². The summed E-state index contributed by atoms with van der Waals surface area (Å²) in [6.45, 7) is 4.31. The normalized spacial score (nSPS) is 13.1. The van der Waals surface area contributed by atoms with Gasteiger partial charge in [0.2, 0.25) is 0 Å². The van der Waals surface area contributed by atoms with Crippen molar-refractivity contribution in [3.63, 3.8) is 0 Å². The van der Waals surface area contributed by atoms with E-state index < -0.39 is 6.10 Å². The fraction of sp³-hybridized carbons (Fsp3) is 0.583. The van der Waals surface area contributed by atoms with Crippen LogP contribution in [-0.2, 0) is 0 Å². The van der Waals surface area contributed by atoms with Gasteiger partial charge >= 0.3 is 0 Å². The number of pyridine rings is 1. The van der Waals surface area contributed by atoms with Crippen LogP contribution in [0.1, 0.15) is 44.8 Å². The highest BCUT2D eigenvalue weighted by Gasteiger charge is 2.13. The summed E-state index contributed by atoms with van der Waals surface area (Å²) < 4.78 is 0. The number of aliphatic hydroxyl groups excluding tert-OH is 1. The van der Waals surface area contributed by atoms with Gasteiger partial charge in [0, 0.05) is 6.20 Å². The van der Waals surface area contributed by atoms with E-state index in [2.05, 4.69) is 18.8 Å². The molecule has 0 radical (unpaired) electrons. The maximum atomic E-state index is 9.96. The molecule has 1 N–H and O–H groups in total. The molecule has 0 bridgehead atoms. The minimum absolute atomic E-state index is 0.417. The van der Waals surface area contributed by atoms with Crippen LogP contribution in [-0.4, -0.2) is 10.1 Å². The SMILES string of the molecule is CCC(CC)CC(O)c1ccc(Cl)nc1. The molecule has 0 saturated carbocycles. The molecule has 0 aliphatic rings. The van der Waals surface area contributed by atoms with Crippen LogP contribution < -0.4 is 0 Å². The van der Waals surface area contributed by atoms with Gasteiger partial charge in [-0.25, -0.2) is 4.98 Å². The number of rotatable bonds is 5. The number of aromatic nitrogens is 1. The second kappa shape index (κ2) is 6.09. The highest BCUT2D eigenvalue weighted by molar-refractivity contribution is 6.29. The van der Waals surface area contributed by atoms with Gasteiger partial charge in [-0.05, 0) is 24.0 Å². The Bertz CT molecular complexity index is 282. The standard InChI is InChI=1S/C12H18ClNO/c1-3-9(4-2)7-11(15)10-5-6-12(13)14-8-10/h5-6,8-9,11,15H,3-4,7H2,1-2H3. The lowest BCUT2D eigenvalue weighted by Gasteiger charge is -2.17. The molecule has 0 fully saturated rings. The molecule has 1 unspecified atom stereocenters. The average molecular weight is 228 g/mol. The van der Waals surface area contributed by atoms with Crippen LogP contribution >= 0.6 is 11.6 Å². The van der Waals surface area contributed by atoms with E-state index in [-0.39, 0.29) is 0 Å². The predicted molar refractivity (Wildman–Crippen MR) is 62.9 cm³/mol. The molecule has 2 nitrogen and oxygen atoms in total. The molecule has 0 aromatic carbocycles. The smallest absolute Gasteiger partial charge is 0.129 e. The van der Waals surface area contributed by atoms with Crippen molar-refractivity contribution >= 4 is 11.6 Å². The summed E-state index contributed by atoms with van der Waals surface area (Å²) in [5, 5.41) is 10.4. The first kappa shape index (κ1) is 12.5. The number of hydrogen-bond acceptors (Lipinski definition) is 2. The van der Waals surface area contributed by atoms with Crippen LogP contribution in [0.2, 0.25) is 5.15 Å². The van der Waals surface area contributed by atoms with Gasteiger partial charge in [-0.3, -0.25) is 0 Å². The third-order valence-corrected chi connectivity index (χ3v) is 3.07. The monoisotopic (exact) mass is 227 g/mol. The third-order valence-electron chi connectivity index (χ3n) is 2.85. The van der Waals surface area contributed by atoms with E-state index in [1.165, 1.54) is 0 Å². The second-order valence-corrected chi connectivity index (χ2v) is 4.24. The van der Waals surface area contributed by atoms with Crippen LogP contribution in [0.5, 0.6) is 0 Å². The first-order chi connectivity index (χ1) is 7.17. The number of nitrogens with zero attached hydrogens (tertiary/aromatic N) is 1. The summed E-state index contributed by atoms with van der Waals surface area (Å²) in [7, 11) is 0. The third kappa shape index (κ3) is 3.80. The Morgan fingerprint density at radius 3 is 2.47 bits per heavy atom. The van der Waals surface area contributed by atoms with Crippen LogP contribution in [0, 0.1) is 5.92 Å². The summed E-state index contributed by atoms with van der Waals surface area (Å²) in [6, 6.07) is 3.55. The molecule has 0 aliphatic carbocycles. The number of hydrogen-bond donors (Lipinski definition) is 1. The van der Waals surface area contributed by atoms with Crippen LogP contribution in [0.25, 0.3) is 0 Å². The first-order valence-electron chi connectivity index (χ1n) is 5.46. The molecule has 0 aliphatic heterocycles. The highest BCUT2D eigenvalue weighted by Crippen LogP contribution is 2.24. The van der Waals surface area contributed by atoms with Crippen molar-refractivity contribution < 1.29 is 5.11 Å².